The summed E-state index contributed by atoms with van der Waals surface area (Å²) >= 11 is 0. The third kappa shape index (κ3) is 2.46. The van der Waals surface area contributed by atoms with Gasteiger partial charge in [0.1, 0.15) is 0 Å². The van der Waals surface area contributed by atoms with Gasteiger partial charge in [-0.15, -0.1) is 0 Å². The number of ketones is 1. The van der Waals surface area contributed by atoms with Crippen LogP contribution in [0.2, 0.25) is 0 Å². The van der Waals surface area contributed by atoms with Crippen LogP contribution in [0.1, 0.15) is 46.7 Å². The number of nitrogens with two attached hydrogens (primary N) is 1. The number of carbonyl (C=O) groups excluding carboxylic acids is 1. The van der Waals surface area contributed by atoms with Crippen molar-refractivity contribution in [2.45, 2.75) is 31.6 Å². The van der Waals surface area contributed by atoms with E-state index in [1.54, 1.807) is 6.07 Å². The number of fused-ring (bicyclic) bond motifs is 1. The fourth-order valence-electron chi connectivity index (χ4n) is 3.15. The van der Waals surface area contributed by atoms with E-state index in [-0.39, 0.29) is 5.78 Å². The Hall–Kier alpha value is -2.09. The number of Topliss-reactive ketones (excluding diaryl/α,β-unsaturated/α-hetero) is 1. The quantitative estimate of drug-likeness (QED) is 0.674. The second-order valence-corrected chi connectivity index (χ2v) is 5.50. The molecule has 3 rings (SSSR count). The first kappa shape index (κ1) is 12.9. The highest BCUT2D eigenvalue weighted by atomic mass is 16.1. The molecule has 0 fully saturated rings. The number of rotatable bonds is 3. The summed E-state index contributed by atoms with van der Waals surface area (Å²) < 4.78 is 0. The Bertz CT molecular complexity index is 633. The first-order valence-corrected chi connectivity index (χ1v) is 7.21. The summed E-state index contributed by atoms with van der Waals surface area (Å²) in [6, 6.07) is 15.9. The number of anilines is 1. The SMILES string of the molecule is Nc1ccccc1C(=O)CC1CCCc2ccccc21. The molecular weight excluding hydrogens is 246 g/mol. The highest BCUT2D eigenvalue weighted by Gasteiger charge is 2.23. The van der Waals surface area contributed by atoms with E-state index >= 15 is 0 Å². The molecule has 0 spiro atoms. The smallest absolute Gasteiger partial charge is 0.165 e. The van der Waals surface area contributed by atoms with E-state index in [0.717, 1.165) is 12.8 Å². The largest absolute Gasteiger partial charge is 0.398 e. The molecule has 1 atom stereocenters. The molecule has 2 nitrogen and oxygen atoms in total. The van der Waals surface area contributed by atoms with Crippen LogP contribution < -0.4 is 5.73 Å². The van der Waals surface area contributed by atoms with Crippen LogP contribution in [0.3, 0.4) is 0 Å². The van der Waals surface area contributed by atoms with Crippen molar-refractivity contribution < 1.29 is 4.79 Å². The van der Waals surface area contributed by atoms with E-state index in [1.165, 1.54) is 17.5 Å². The fraction of sp³-hybridized carbons (Fsp3) is 0.278. The Kier molecular flexibility index (Phi) is 3.55. The van der Waals surface area contributed by atoms with Gasteiger partial charge >= 0.3 is 0 Å². The van der Waals surface area contributed by atoms with Crippen molar-refractivity contribution in [3.8, 4) is 0 Å². The van der Waals surface area contributed by atoms with E-state index in [0.29, 0.717) is 23.6 Å². The number of para-hydroxylation sites is 1. The van der Waals surface area contributed by atoms with Gasteiger partial charge in [0.05, 0.1) is 0 Å². The van der Waals surface area contributed by atoms with Gasteiger partial charge in [0.15, 0.2) is 5.78 Å². The van der Waals surface area contributed by atoms with Crippen molar-refractivity contribution in [1.29, 1.82) is 0 Å². The minimum atomic E-state index is 0.157. The van der Waals surface area contributed by atoms with Crippen LogP contribution in [0.15, 0.2) is 48.5 Å². The highest BCUT2D eigenvalue weighted by molar-refractivity contribution is 6.01. The lowest BCUT2D eigenvalue weighted by Gasteiger charge is -2.25. The molecule has 0 saturated heterocycles. The standard InChI is InChI=1S/C18H19NO/c19-17-11-4-3-10-16(17)18(20)12-14-8-5-7-13-6-1-2-9-15(13)14/h1-4,6,9-11,14H,5,7-8,12,19H2. The van der Waals surface area contributed by atoms with E-state index in [1.807, 2.05) is 18.2 Å². The predicted octanol–water partition coefficient (Wildman–Crippen LogP) is 3.96. The summed E-state index contributed by atoms with van der Waals surface area (Å²) in [5.41, 5.74) is 9.90. The van der Waals surface area contributed by atoms with Gasteiger partial charge in [-0.05, 0) is 48.4 Å². The van der Waals surface area contributed by atoms with Gasteiger partial charge in [-0.2, -0.15) is 0 Å². The molecule has 0 amide bonds. The summed E-state index contributed by atoms with van der Waals surface area (Å²) in [5, 5.41) is 0. The third-order valence-corrected chi connectivity index (χ3v) is 4.19. The molecule has 2 heteroatoms. The molecule has 1 aliphatic rings. The third-order valence-electron chi connectivity index (χ3n) is 4.19. The minimum Gasteiger partial charge on any atom is -0.398 e. The molecular formula is C18H19NO. The molecule has 0 saturated carbocycles. The number of hydrogen-bond donors (Lipinski definition) is 1. The summed E-state index contributed by atoms with van der Waals surface area (Å²) in [5.74, 6) is 0.497. The van der Waals surface area contributed by atoms with Gasteiger partial charge in [0.2, 0.25) is 0 Å². The maximum Gasteiger partial charge on any atom is 0.165 e. The van der Waals surface area contributed by atoms with Crippen LogP contribution >= 0.6 is 0 Å². The molecule has 102 valence electrons. The van der Waals surface area contributed by atoms with E-state index < -0.39 is 0 Å². The monoisotopic (exact) mass is 265 g/mol. The van der Waals surface area contributed by atoms with Crippen molar-refractivity contribution in [3.05, 3.63) is 65.2 Å². The Morgan fingerprint density at radius 3 is 2.70 bits per heavy atom. The number of aryl methyl sites for hydroxylation is 1. The molecule has 1 aliphatic carbocycles. The van der Waals surface area contributed by atoms with Gasteiger partial charge in [-0.3, -0.25) is 4.79 Å². The Morgan fingerprint density at radius 1 is 1.10 bits per heavy atom. The van der Waals surface area contributed by atoms with E-state index in [2.05, 4.69) is 24.3 Å². The van der Waals surface area contributed by atoms with Crippen molar-refractivity contribution in [2.75, 3.05) is 5.73 Å². The Labute approximate surface area is 119 Å². The van der Waals surface area contributed by atoms with Crippen LogP contribution in [-0.4, -0.2) is 5.78 Å². The normalized spacial score (nSPS) is 17.5. The Balaban J connectivity index is 1.83. The lowest BCUT2D eigenvalue weighted by atomic mass is 9.79. The highest BCUT2D eigenvalue weighted by Crippen LogP contribution is 2.35. The Morgan fingerprint density at radius 2 is 1.85 bits per heavy atom. The van der Waals surface area contributed by atoms with Gasteiger partial charge in [0.25, 0.3) is 0 Å². The van der Waals surface area contributed by atoms with Crippen molar-refractivity contribution >= 4 is 11.5 Å². The minimum absolute atomic E-state index is 0.157. The average Bonchev–Trinajstić information content (AvgIpc) is 2.48. The maximum atomic E-state index is 12.5. The molecule has 1 unspecified atom stereocenters. The molecule has 0 aromatic heterocycles. The van der Waals surface area contributed by atoms with Crippen molar-refractivity contribution in [2.24, 2.45) is 0 Å². The summed E-state index contributed by atoms with van der Waals surface area (Å²) in [7, 11) is 0. The molecule has 2 aromatic rings. The second-order valence-electron chi connectivity index (χ2n) is 5.50. The molecule has 0 aliphatic heterocycles. The van der Waals surface area contributed by atoms with Crippen LogP contribution in [0.4, 0.5) is 5.69 Å². The van der Waals surface area contributed by atoms with Gasteiger partial charge in [-0.1, -0.05) is 36.4 Å². The zero-order valence-corrected chi connectivity index (χ0v) is 11.5. The first-order chi connectivity index (χ1) is 9.75. The molecule has 0 heterocycles. The van der Waals surface area contributed by atoms with Crippen LogP contribution in [-0.2, 0) is 6.42 Å². The fourth-order valence-corrected chi connectivity index (χ4v) is 3.15. The zero-order valence-electron chi connectivity index (χ0n) is 11.5. The van der Waals surface area contributed by atoms with Crippen LogP contribution in [0, 0.1) is 0 Å². The number of carbonyl (C=O) groups is 1. The lowest BCUT2D eigenvalue weighted by Crippen LogP contribution is -2.14. The van der Waals surface area contributed by atoms with Crippen molar-refractivity contribution in [1.82, 2.24) is 0 Å². The van der Waals surface area contributed by atoms with Gasteiger partial charge in [-0.25, -0.2) is 0 Å². The predicted molar refractivity (Wildman–Crippen MR) is 81.9 cm³/mol. The maximum absolute atomic E-state index is 12.5. The summed E-state index contributed by atoms with van der Waals surface area (Å²) in [6.45, 7) is 0. The van der Waals surface area contributed by atoms with E-state index in [4.69, 9.17) is 5.73 Å². The average molecular weight is 265 g/mol. The summed E-state index contributed by atoms with van der Waals surface area (Å²) in [6.07, 6.45) is 3.95. The molecule has 2 N–H and O–H groups in total. The lowest BCUT2D eigenvalue weighted by molar-refractivity contribution is 0.0972. The number of nitrogen functional groups attached to an aromatic ring is 1. The molecule has 20 heavy (non-hydrogen) atoms. The molecule has 0 radical (unpaired) electrons. The van der Waals surface area contributed by atoms with E-state index in [9.17, 15) is 4.79 Å². The van der Waals surface area contributed by atoms with Gasteiger partial charge < -0.3 is 5.73 Å². The van der Waals surface area contributed by atoms with Crippen LogP contribution in [0.25, 0.3) is 0 Å². The number of hydrogen-bond acceptors (Lipinski definition) is 2. The molecule has 2 aromatic carbocycles. The molecule has 0 bridgehead atoms. The van der Waals surface area contributed by atoms with Gasteiger partial charge in [0, 0.05) is 17.7 Å². The first-order valence-electron chi connectivity index (χ1n) is 7.21. The van der Waals surface area contributed by atoms with Crippen molar-refractivity contribution in [3.63, 3.8) is 0 Å². The zero-order chi connectivity index (χ0) is 13.9. The second kappa shape index (κ2) is 5.49. The van der Waals surface area contributed by atoms with Crippen LogP contribution in [0.5, 0.6) is 0 Å². The number of benzene rings is 2. The summed E-state index contributed by atoms with van der Waals surface area (Å²) in [4.78, 5) is 12.5. The topological polar surface area (TPSA) is 43.1 Å².